The molecule has 0 radical (unpaired) electrons. The Kier molecular flexibility index (Phi) is 5.37. The summed E-state index contributed by atoms with van der Waals surface area (Å²) in [5.74, 6) is -1.08. The highest BCUT2D eigenvalue weighted by molar-refractivity contribution is 6.30. The molecule has 0 heterocycles. The molecule has 0 saturated carbocycles. The van der Waals surface area contributed by atoms with Gasteiger partial charge in [0.2, 0.25) is 5.91 Å². The lowest BCUT2D eigenvalue weighted by molar-refractivity contribution is -0.136. The van der Waals surface area contributed by atoms with Gasteiger partial charge in [-0.15, -0.1) is 0 Å². The quantitative estimate of drug-likeness (QED) is 0.541. The molecule has 0 fully saturated rings. The molecule has 25 heavy (non-hydrogen) atoms. The van der Waals surface area contributed by atoms with Gasteiger partial charge in [-0.2, -0.15) is 13.2 Å². The van der Waals surface area contributed by atoms with Gasteiger partial charge in [0.05, 0.1) is 11.3 Å². The third kappa shape index (κ3) is 4.11. The molecule has 8 heteroatoms. The minimum absolute atomic E-state index is 0.0260. The molecule has 2 aromatic rings. The number of alkyl halides is 3. The first-order valence-electron chi connectivity index (χ1n) is 7.29. The molecule has 0 aliphatic rings. The maximum atomic E-state index is 13.8. The highest BCUT2D eigenvalue weighted by Gasteiger charge is 2.38. The number of hydrogen-bond donors (Lipinski definition) is 3. The van der Waals surface area contributed by atoms with Gasteiger partial charge in [-0.3, -0.25) is 10.2 Å². The number of nitrogens with two attached hydrogens (primary N) is 1. The monoisotopic (exact) mass is 369 g/mol. The molecule has 132 valence electrons. The summed E-state index contributed by atoms with van der Waals surface area (Å²) < 4.78 is 41.4. The molecule has 0 bridgehead atoms. The van der Waals surface area contributed by atoms with Gasteiger partial charge in [-0.25, -0.2) is 0 Å². The van der Waals surface area contributed by atoms with Gasteiger partial charge in [-0.05, 0) is 29.8 Å². The normalized spacial score (nSPS) is 11.2. The van der Waals surface area contributed by atoms with Crippen LogP contribution in [0.2, 0.25) is 5.02 Å². The fraction of sp³-hybridized carbons (Fsp3) is 0.176. The third-order valence-corrected chi connectivity index (χ3v) is 3.72. The van der Waals surface area contributed by atoms with Crippen molar-refractivity contribution in [2.75, 3.05) is 5.32 Å². The lowest BCUT2D eigenvalue weighted by Gasteiger charge is -2.21. The summed E-state index contributed by atoms with van der Waals surface area (Å²) in [4.78, 5) is 11.6. The zero-order chi connectivity index (χ0) is 18.8. The van der Waals surface area contributed by atoms with Crippen LogP contribution in [0.15, 0.2) is 36.4 Å². The van der Waals surface area contributed by atoms with Crippen molar-refractivity contribution in [2.24, 2.45) is 5.73 Å². The Bertz CT molecular complexity index is 834. The van der Waals surface area contributed by atoms with Gasteiger partial charge in [-0.1, -0.05) is 30.7 Å². The Morgan fingerprint density at radius 1 is 1.28 bits per heavy atom. The van der Waals surface area contributed by atoms with E-state index in [0.717, 1.165) is 6.07 Å². The van der Waals surface area contributed by atoms with Crippen LogP contribution in [-0.4, -0.2) is 11.7 Å². The van der Waals surface area contributed by atoms with Gasteiger partial charge >= 0.3 is 6.18 Å². The van der Waals surface area contributed by atoms with Gasteiger partial charge < -0.3 is 11.1 Å². The van der Waals surface area contributed by atoms with Crippen molar-refractivity contribution in [3.8, 4) is 11.1 Å². The summed E-state index contributed by atoms with van der Waals surface area (Å²) >= 11 is 5.90. The van der Waals surface area contributed by atoms with Gasteiger partial charge in [0.1, 0.15) is 5.84 Å². The third-order valence-electron chi connectivity index (χ3n) is 3.49. The van der Waals surface area contributed by atoms with Crippen LogP contribution in [0.25, 0.3) is 11.1 Å². The first kappa shape index (κ1) is 18.8. The molecular weight excluding hydrogens is 355 g/mol. The van der Waals surface area contributed by atoms with E-state index in [1.54, 1.807) is 0 Å². The van der Waals surface area contributed by atoms with Crippen molar-refractivity contribution < 1.29 is 18.0 Å². The average molecular weight is 370 g/mol. The summed E-state index contributed by atoms with van der Waals surface area (Å²) in [6.45, 7) is 1.53. The number of anilines is 1. The van der Waals surface area contributed by atoms with Crippen LogP contribution in [0.5, 0.6) is 0 Å². The number of halogens is 4. The van der Waals surface area contributed by atoms with Crippen LogP contribution < -0.4 is 11.1 Å². The number of rotatable bonds is 4. The molecular formula is C17H15ClF3N3O. The predicted molar refractivity (Wildman–Crippen MR) is 91.8 cm³/mol. The number of amides is 1. The number of benzene rings is 2. The Balaban J connectivity index is 2.86. The van der Waals surface area contributed by atoms with Gasteiger partial charge in [0, 0.05) is 22.6 Å². The molecule has 4 nitrogen and oxygen atoms in total. The Morgan fingerprint density at radius 3 is 2.48 bits per heavy atom. The van der Waals surface area contributed by atoms with E-state index in [0.29, 0.717) is 0 Å². The SMILES string of the molecule is CCC(=O)Nc1ccc(C(=N)N)c(-c2cccc(Cl)c2)c1C(F)(F)F. The van der Waals surface area contributed by atoms with Crippen molar-refractivity contribution in [3.63, 3.8) is 0 Å². The van der Waals surface area contributed by atoms with E-state index in [1.807, 2.05) is 0 Å². The van der Waals surface area contributed by atoms with Crippen molar-refractivity contribution in [1.29, 1.82) is 5.41 Å². The zero-order valence-electron chi connectivity index (χ0n) is 13.2. The minimum Gasteiger partial charge on any atom is -0.384 e. The average Bonchev–Trinajstić information content (AvgIpc) is 2.52. The molecule has 0 saturated heterocycles. The molecule has 0 aromatic heterocycles. The first-order chi connectivity index (χ1) is 11.6. The second-order valence-corrected chi connectivity index (χ2v) is 5.67. The zero-order valence-corrected chi connectivity index (χ0v) is 13.9. The molecule has 0 aliphatic heterocycles. The number of carbonyl (C=O) groups excluding carboxylic acids is 1. The molecule has 0 aliphatic carbocycles. The second kappa shape index (κ2) is 7.14. The van der Waals surface area contributed by atoms with Crippen molar-refractivity contribution in [2.45, 2.75) is 19.5 Å². The number of nitrogens with one attached hydrogen (secondary N) is 2. The van der Waals surface area contributed by atoms with E-state index in [2.05, 4.69) is 5.32 Å². The molecule has 2 aromatic carbocycles. The maximum Gasteiger partial charge on any atom is 0.419 e. The topological polar surface area (TPSA) is 79.0 Å². The molecule has 0 unspecified atom stereocenters. The van der Waals surface area contributed by atoms with E-state index in [1.165, 1.54) is 37.3 Å². The Morgan fingerprint density at radius 2 is 1.96 bits per heavy atom. The van der Waals surface area contributed by atoms with Crippen molar-refractivity contribution in [3.05, 3.63) is 52.5 Å². The summed E-state index contributed by atoms with van der Waals surface area (Å²) in [5.41, 5.74) is 3.78. The van der Waals surface area contributed by atoms with Crippen LogP contribution in [0.1, 0.15) is 24.5 Å². The number of hydrogen-bond acceptors (Lipinski definition) is 2. The van der Waals surface area contributed by atoms with E-state index < -0.39 is 23.5 Å². The van der Waals surface area contributed by atoms with Gasteiger partial charge in [0.25, 0.3) is 0 Å². The predicted octanol–water partition coefficient (Wildman–Crippen LogP) is 4.66. The van der Waals surface area contributed by atoms with E-state index >= 15 is 0 Å². The van der Waals surface area contributed by atoms with Crippen LogP contribution in [0.4, 0.5) is 18.9 Å². The number of carbonyl (C=O) groups is 1. The van der Waals surface area contributed by atoms with Crippen LogP contribution >= 0.6 is 11.6 Å². The number of nitrogen functional groups attached to an aromatic ring is 1. The van der Waals surface area contributed by atoms with Gasteiger partial charge in [0.15, 0.2) is 0 Å². The van der Waals surface area contributed by atoms with E-state index in [-0.39, 0.29) is 33.8 Å². The van der Waals surface area contributed by atoms with Crippen molar-refractivity contribution in [1.82, 2.24) is 0 Å². The van der Waals surface area contributed by atoms with E-state index in [9.17, 15) is 18.0 Å². The van der Waals surface area contributed by atoms with Crippen LogP contribution in [0, 0.1) is 5.41 Å². The molecule has 4 N–H and O–H groups in total. The standard InChI is InChI=1S/C17H15ClF3N3O/c1-2-13(25)24-12-7-6-11(16(22)23)14(15(12)17(19,20)21)9-4-3-5-10(18)8-9/h3-8H,2H2,1H3,(H3,22,23)(H,24,25). The van der Waals surface area contributed by atoms with Crippen LogP contribution in [-0.2, 0) is 11.0 Å². The molecule has 0 atom stereocenters. The Labute approximate surface area is 147 Å². The fourth-order valence-electron chi connectivity index (χ4n) is 2.41. The van der Waals surface area contributed by atoms with Crippen molar-refractivity contribution >= 4 is 29.0 Å². The fourth-order valence-corrected chi connectivity index (χ4v) is 2.60. The lowest BCUT2D eigenvalue weighted by Crippen LogP contribution is -2.20. The summed E-state index contributed by atoms with van der Waals surface area (Å²) in [5, 5.41) is 10.1. The maximum absolute atomic E-state index is 13.8. The highest BCUT2D eigenvalue weighted by atomic mass is 35.5. The highest BCUT2D eigenvalue weighted by Crippen LogP contribution is 2.44. The largest absolute Gasteiger partial charge is 0.419 e. The summed E-state index contributed by atoms with van der Waals surface area (Å²) in [7, 11) is 0. The Hall–Kier alpha value is -2.54. The molecule has 2 rings (SSSR count). The number of amidine groups is 1. The summed E-state index contributed by atoms with van der Waals surface area (Å²) in [6.07, 6.45) is -4.75. The van der Waals surface area contributed by atoms with E-state index in [4.69, 9.17) is 22.7 Å². The first-order valence-corrected chi connectivity index (χ1v) is 7.67. The lowest BCUT2D eigenvalue weighted by atomic mass is 9.92. The second-order valence-electron chi connectivity index (χ2n) is 5.23. The smallest absolute Gasteiger partial charge is 0.384 e. The summed E-state index contributed by atoms with van der Waals surface area (Å²) in [6, 6.07) is 8.19. The molecule has 1 amide bonds. The van der Waals surface area contributed by atoms with Crippen LogP contribution in [0.3, 0.4) is 0 Å². The minimum atomic E-state index is -4.78. The molecule has 0 spiro atoms.